The van der Waals surface area contributed by atoms with Gasteiger partial charge in [0.1, 0.15) is 10.0 Å². The van der Waals surface area contributed by atoms with Gasteiger partial charge in [-0.2, -0.15) is 4.31 Å². The van der Waals surface area contributed by atoms with Crippen LogP contribution in [0.3, 0.4) is 0 Å². The lowest BCUT2D eigenvalue weighted by atomic mass is 10.2. The van der Waals surface area contributed by atoms with E-state index in [1.54, 1.807) is 21.9 Å². The highest BCUT2D eigenvalue weighted by Gasteiger charge is 2.29. The molecule has 0 atom stereocenters. The summed E-state index contributed by atoms with van der Waals surface area (Å²) >= 11 is 1.04. The molecule has 8 nitrogen and oxygen atoms in total. The summed E-state index contributed by atoms with van der Waals surface area (Å²) in [5.41, 5.74) is 0.285. The molecule has 2 aromatic rings. The monoisotopic (exact) mass is 480 g/mol. The van der Waals surface area contributed by atoms with Gasteiger partial charge in [-0.15, -0.1) is 11.3 Å². The van der Waals surface area contributed by atoms with Gasteiger partial charge in [-0.1, -0.05) is 6.07 Å². The Balaban J connectivity index is 1.35. The van der Waals surface area contributed by atoms with Crippen LogP contribution in [0.15, 0.2) is 40.6 Å². The van der Waals surface area contributed by atoms with E-state index < -0.39 is 15.8 Å². The van der Waals surface area contributed by atoms with Crippen molar-refractivity contribution in [3.05, 3.63) is 47.8 Å². The van der Waals surface area contributed by atoms with Gasteiger partial charge < -0.3 is 9.80 Å². The number of carbonyl (C=O) groups is 2. The van der Waals surface area contributed by atoms with Crippen LogP contribution in [0.4, 0.5) is 14.2 Å². The maximum Gasteiger partial charge on any atom is 0.322 e. The third kappa shape index (κ3) is 4.94. The average Bonchev–Trinajstić information content (AvgIpc) is 3.42. The Hall–Kier alpha value is -2.50. The molecule has 1 N–H and O–H groups in total. The van der Waals surface area contributed by atoms with Crippen LogP contribution in [0, 0.1) is 5.82 Å². The Morgan fingerprint density at radius 1 is 0.906 bits per heavy atom. The molecule has 0 aliphatic carbocycles. The van der Waals surface area contributed by atoms with Crippen LogP contribution < -0.4 is 5.32 Å². The first kappa shape index (κ1) is 22.7. The SMILES string of the molecule is O=C(Nc1ccc(S(=O)(=O)N2CCCC2)s1)N1CCCN(C(=O)c2cccc(F)c2)CC1. The third-order valence-corrected chi connectivity index (χ3v) is 8.98. The molecule has 172 valence electrons. The lowest BCUT2D eigenvalue weighted by Gasteiger charge is -2.22. The van der Waals surface area contributed by atoms with Crippen LogP contribution in [-0.4, -0.2) is 73.7 Å². The molecular weight excluding hydrogens is 455 g/mol. The molecule has 2 aliphatic rings. The molecule has 2 fully saturated rings. The molecule has 11 heteroatoms. The number of rotatable bonds is 4. The van der Waals surface area contributed by atoms with Crippen LogP contribution in [-0.2, 0) is 10.0 Å². The van der Waals surface area contributed by atoms with Gasteiger partial charge in [0.15, 0.2) is 0 Å². The fourth-order valence-corrected chi connectivity index (χ4v) is 6.76. The van der Waals surface area contributed by atoms with Crippen molar-refractivity contribution >= 4 is 38.3 Å². The van der Waals surface area contributed by atoms with Crippen LogP contribution in [0.2, 0.25) is 0 Å². The van der Waals surface area contributed by atoms with E-state index in [1.165, 1.54) is 28.6 Å². The highest BCUT2D eigenvalue weighted by Crippen LogP contribution is 2.30. The Morgan fingerprint density at radius 2 is 1.62 bits per heavy atom. The molecule has 3 heterocycles. The molecule has 0 spiro atoms. The maximum absolute atomic E-state index is 13.4. The summed E-state index contributed by atoms with van der Waals surface area (Å²) in [5, 5.41) is 3.24. The lowest BCUT2D eigenvalue weighted by Crippen LogP contribution is -2.39. The molecule has 4 rings (SSSR count). The highest BCUT2D eigenvalue weighted by atomic mass is 32.2. The molecule has 0 saturated carbocycles. The smallest absolute Gasteiger partial charge is 0.322 e. The summed E-state index contributed by atoms with van der Waals surface area (Å²) in [7, 11) is -3.51. The topological polar surface area (TPSA) is 90.0 Å². The van der Waals surface area contributed by atoms with Crippen molar-refractivity contribution in [2.24, 2.45) is 0 Å². The molecular formula is C21H25FN4O4S2. The number of urea groups is 1. The number of carbonyl (C=O) groups excluding carboxylic acids is 2. The predicted molar refractivity (Wildman–Crippen MR) is 120 cm³/mol. The van der Waals surface area contributed by atoms with Gasteiger partial charge in [0.25, 0.3) is 15.9 Å². The van der Waals surface area contributed by atoms with Gasteiger partial charge in [-0.05, 0) is 49.6 Å². The van der Waals surface area contributed by atoms with Crippen molar-refractivity contribution in [1.29, 1.82) is 0 Å². The zero-order valence-electron chi connectivity index (χ0n) is 17.5. The third-order valence-electron chi connectivity index (χ3n) is 5.61. The first-order chi connectivity index (χ1) is 15.3. The van der Waals surface area contributed by atoms with Crippen molar-refractivity contribution in [2.75, 3.05) is 44.6 Å². The standard InChI is InChI=1S/C21H25FN4O4S2/c22-17-6-3-5-16(15-17)20(27)24-9-4-10-25(14-13-24)21(28)23-18-7-8-19(31-18)32(29,30)26-11-1-2-12-26/h3,5-8,15H,1-2,4,9-14H2,(H,23,28). The number of anilines is 1. The highest BCUT2D eigenvalue weighted by molar-refractivity contribution is 7.91. The summed E-state index contributed by atoms with van der Waals surface area (Å²) in [4.78, 5) is 28.6. The maximum atomic E-state index is 13.4. The predicted octanol–water partition coefficient (Wildman–Crippen LogP) is 3.05. The van der Waals surface area contributed by atoms with Gasteiger partial charge in [-0.3, -0.25) is 10.1 Å². The fraction of sp³-hybridized carbons (Fsp3) is 0.429. The number of nitrogens with zero attached hydrogens (tertiary/aromatic N) is 3. The Morgan fingerprint density at radius 3 is 2.38 bits per heavy atom. The van der Waals surface area contributed by atoms with E-state index in [4.69, 9.17) is 0 Å². The summed E-state index contributed by atoms with van der Waals surface area (Å²) < 4.78 is 40.5. The van der Waals surface area contributed by atoms with Crippen LogP contribution in [0.1, 0.15) is 29.6 Å². The van der Waals surface area contributed by atoms with Crippen molar-refractivity contribution in [2.45, 2.75) is 23.5 Å². The second-order valence-electron chi connectivity index (χ2n) is 7.80. The summed E-state index contributed by atoms with van der Waals surface area (Å²) in [6, 6.07) is 8.36. The van der Waals surface area contributed by atoms with Crippen LogP contribution in [0.5, 0.6) is 0 Å². The first-order valence-electron chi connectivity index (χ1n) is 10.6. The number of sulfonamides is 1. The number of halogens is 1. The van der Waals surface area contributed by atoms with Crippen LogP contribution in [0.25, 0.3) is 0 Å². The van der Waals surface area contributed by atoms with Crippen molar-refractivity contribution in [3.63, 3.8) is 0 Å². The molecule has 3 amide bonds. The number of benzene rings is 1. The molecule has 1 aromatic carbocycles. The molecule has 2 aliphatic heterocycles. The zero-order chi connectivity index (χ0) is 22.7. The Labute approximate surface area is 190 Å². The summed E-state index contributed by atoms with van der Waals surface area (Å²) in [6.45, 7) is 2.65. The van der Waals surface area contributed by atoms with E-state index in [0.717, 1.165) is 24.2 Å². The van der Waals surface area contributed by atoms with E-state index in [9.17, 15) is 22.4 Å². The second-order valence-corrected chi connectivity index (χ2v) is 11.1. The number of hydrogen-bond acceptors (Lipinski definition) is 5. The van der Waals surface area contributed by atoms with Crippen molar-refractivity contribution in [1.82, 2.24) is 14.1 Å². The van der Waals surface area contributed by atoms with Crippen molar-refractivity contribution < 1.29 is 22.4 Å². The van der Waals surface area contributed by atoms with E-state index in [1.807, 2.05) is 0 Å². The molecule has 32 heavy (non-hydrogen) atoms. The first-order valence-corrected chi connectivity index (χ1v) is 12.8. The van der Waals surface area contributed by atoms with E-state index in [2.05, 4.69) is 5.32 Å². The number of hydrogen-bond donors (Lipinski definition) is 1. The van der Waals surface area contributed by atoms with E-state index in [0.29, 0.717) is 50.7 Å². The van der Waals surface area contributed by atoms with E-state index >= 15 is 0 Å². The largest absolute Gasteiger partial charge is 0.337 e. The summed E-state index contributed by atoms with van der Waals surface area (Å²) in [6.07, 6.45) is 2.32. The Kier molecular flexibility index (Phi) is 6.77. The molecule has 2 saturated heterocycles. The average molecular weight is 481 g/mol. The fourth-order valence-electron chi connectivity index (χ4n) is 3.89. The number of thiophene rings is 1. The quantitative estimate of drug-likeness (QED) is 0.728. The van der Waals surface area contributed by atoms with Crippen molar-refractivity contribution in [3.8, 4) is 0 Å². The minimum Gasteiger partial charge on any atom is -0.337 e. The molecule has 0 unspecified atom stereocenters. The molecule has 0 radical (unpaired) electrons. The summed E-state index contributed by atoms with van der Waals surface area (Å²) in [5.74, 6) is -0.726. The van der Waals surface area contributed by atoms with Gasteiger partial charge >= 0.3 is 6.03 Å². The molecule has 0 bridgehead atoms. The van der Waals surface area contributed by atoms with Gasteiger partial charge in [0.05, 0.1) is 5.00 Å². The number of nitrogens with one attached hydrogen (secondary N) is 1. The van der Waals surface area contributed by atoms with Gasteiger partial charge in [-0.25, -0.2) is 17.6 Å². The number of amides is 3. The normalized spacial score (nSPS) is 17.9. The van der Waals surface area contributed by atoms with Gasteiger partial charge in [0, 0.05) is 44.8 Å². The van der Waals surface area contributed by atoms with Gasteiger partial charge in [0.2, 0.25) is 0 Å². The van der Waals surface area contributed by atoms with E-state index in [-0.39, 0.29) is 21.7 Å². The minimum absolute atomic E-state index is 0.220. The Bertz CT molecular complexity index is 1100. The lowest BCUT2D eigenvalue weighted by molar-refractivity contribution is 0.0762. The minimum atomic E-state index is -3.51. The molecule has 1 aromatic heterocycles. The second kappa shape index (κ2) is 9.55. The van der Waals surface area contributed by atoms with Crippen LogP contribution >= 0.6 is 11.3 Å². The zero-order valence-corrected chi connectivity index (χ0v) is 19.1.